The van der Waals surface area contributed by atoms with Crippen LogP contribution in [0.15, 0.2) is 23.2 Å². The first kappa shape index (κ1) is 17.9. The largest absolute Gasteiger partial charge is 0.369 e. The number of amides is 1. The summed E-state index contributed by atoms with van der Waals surface area (Å²) in [4.78, 5) is 15.3. The summed E-state index contributed by atoms with van der Waals surface area (Å²) in [7, 11) is -3.80. The standard InChI is InChI=1S/C14H20N4O3S/c1-5-10(2)18-22(20,21)12-8-6-7-11(17-12)16-9-14(3,4)13(15)19/h1,6-8,10,18H,9H2,2-4H3,(H2,15,19)(H,16,17). The molecule has 0 saturated heterocycles. The third-order valence-corrected chi connectivity index (χ3v) is 4.40. The molecule has 1 heterocycles. The van der Waals surface area contributed by atoms with E-state index in [0.717, 1.165) is 0 Å². The normalized spacial score (nSPS) is 13.2. The zero-order chi connectivity index (χ0) is 17.0. The Kier molecular flexibility index (Phi) is 5.52. The van der Waals surface area contributed by atoms with Crippen molar-refractivity contribution in [3.05, 3.63) is 18.2 Å². The molecule has 0 bridgehead atoms. The molecule has 22 heavy (non-hydrogen) atoms. The Morgan fingerprint density at radius 3 is 2.68 bits per heavy atom. The summed E-state index contributed by atoms with van der Waals surface area (Å²) in [5, 5.41) is 2.75. The van der Waals surface area contributed by atoms with Crippen LogP contribution in [0.1, 0.15) is 20.8 Å². The molecule has 0 aliphatic heterocycles. The van der Waals surface area contributed by atoms with Gasteiger partial charge in [-0.3, -0.25) is 4.79 Å². The van der Waals surface area contributed by atoms with Crippen molar-refractivity contribution in [1.82, 2.24) is 9.71 Å². The van der Waals surface area contributed by atoms with E-state index in [9.17, 15) is 13.2 Å². The third-order valence-electron chi connectivity index (χ3n) is 2.96. The van der Waals surface area contributed by atoms with Gasteiger partial charge in [-0.25, -0.2) is 13.4 Å². The van der Waals surface area contributed by atoms with Crippen LogP contribution in [0.3, 0.4) is 0 Å². The summed E-state index contributed by atoms with van der Waals surface area (Å²) >= 11 is 0. The van der Waals surface area contributed by atoms with Crippen LogP contribution in [-0.2, 0) is 14.8 Å². The van der Waals surface area contributed by atoms with Gasteiger partial charge in [0.2, 0.25) is 5.91 Å². The average molecular weight is 324 g/mol. The lowest BCUT2D eigenvalue weighted by molar-refractivity contribution is -0.125. The lowest BCUT2D eigenvalue weighted by Gasteiger charge is -2.21. The minimum atomic E-state index is -3.80. The number of hydrogen-bond donors (Lipinski definition) is 3. The molecule has 4 N–H and O–H groups in total. The quantitative estimate of drug-likeness (QED) is 0.624. The molecule has 0 aliphatic carbocycles. The van der Waals surface area contributed by atoms with E-state index in [4.69, 9.17) is 12.2 Å². The van der Waals surface area contributed by atoms with Gasteiger partial charge in [-0.05, 0) is 32.9 Å². The lowest BCUT2D eigenvalue weighted by Crippen LogP contribution is -2.37. The molecule has 0 aromatic carbocycles. The van der Waals surface area contributed by atoms with E-state index in [0.29, 0.717) is 5.82 Å². The Balaban J connectivity index is 2.92. The smallest absolute Gasteiger partial charge is 0.259 e. The van der Waals surface area contributed by atoms with E-state index in [2.05, 4.69) is 20.9 Å². The highest BCUT2D eigenvalue weighted by Crippen LogP contribution is 2.16. The van der Waals surface area contributed by atoms with E-state index < -0.39 is 27.4 Å². The van der Waals surface area contributed by atoms with Crippen LogP contribution in [0, 0.1) is 17.8 Å². The number of carbonyl (C=O) groups is 1. The number of anilines is 1. The Bertz CT molecular complexity index is 692. The van der Waals surface area contributed by atoms with Crippen LogP contribution in [0.25, 0.3) is 0 Å². The fourth-order valence-corrected chi connectivity index (χ4v) is 2.52. The van der Waals surface area contributed by atoms with Crippen molar-refractivity contribution in [2.75, 3.05) is 11.9 Å². The fourth-order valence-electron chi connectivity index (χ4n) is 1.39. The number of carbonyl (C=O) groups excluding carboxylic acids is 1. The second-order valence-corrected chi connectivity index (χ2v) is 7.13. The maximum atomic E-state index is 12.1. The summed E-state index contributed by atoms with van der Waals surface area (Å²) < 4.78 is 26.5. The molecule has 1 atom stereocenters. The van der Waals surface area contributed by atoms with Crippen molar-refractivity contribution < 1.29 is 13.2 Å². The minimum Gasteiger partial charge on any atom is -0.369 e. The van der Waals surface area contributed by atoms with Gasteiger partial charge in [-0.1, -0.05) is 12.0 Å². The molecule has 0 aliphatic rings. The van der Waals surface area contributed by atoms with Gasteiger partial charge >= 0.3 is 0 Å². The molecule has 120 valence electrons. The van der Waals surface area contributed by atoms with Gasteiger partial charge in [0.05, 0.1) is 11.5 Å². The zero-order valence-corrected chi connectivity index (χ0v) is 13.6. The number of terminal acetylenes is 1. The summed E-state index contributed by atoms with van der Waals surface area (Å²) in [6, 6.07) is 3.86. The van der Waals surface area contributed by atoms with Crippen LogP contribution in [-0.4, -0.2) is 31.9 Å². The highest BCUT2D eigenvalue weighted by Gasteiger charge is 2.25. The van der Waals surface area contributed by atoms with Gasteiger partial charge in [0.25, 0.3) is 10.0 Å². The first-order valence-corrected chi connectivity index (χ1v) is 8.06. The number of nitrogens with two attached hydrogens (primary N) is 1. The summed E-state index contributed by atoms with van der Waals surface area (Å²) in [5.41, 5.74) is 4.49. The van der Waals surface area contributed by atoms with E-state index in [-0.39, 0.29) is 11.6 Å². The maximum absolute atomic E-state index is 12.1. The number of aromatic nitrogens is 1. The Labute approximate surface area is 130 Å². The molecule has 1 rings (SSSR count). The highest BCUT2D eigenvalue weighted by atomic mass is 32.2. The molecule has 8 heteroatoms. The number of nitrogens with zero attached hydrogens (tertiary/aromatic N) is 1. The second-order valence-electron chi connectivity index (χ2n) is 5.47. The van der Waals surface area contributed by atoms with Crippen molar-refractivity contribution in [2.45, 2.75) is 31.8 Å². The van der Waals surface area contributed by atoms with Crippen LogP contribution >= 0.6 is 0 Å². The molecular weight excluding hydrogens is 304 g/mol. The van der Waals surface area contributed by atoms with E-state index in [1.807, 2.05) is 0 Å². The fraction of sp³-hybridized carbons (Fsp3) is 0.429. The maximum Gasteiger partial charge on any atom is 0.259 e. The SMILES string of the molecule is C#CC(C)NS(=O)(=O)c1cccc(NCC(C)(C)C(N)=O)n1. The Morgan fingerprint density at radius 1 is 1.50 bits per heavy atom. The molecular formula is C14H20N4O3S. The van der Waals surface area contributed by atoms with Gasteiger partial charge in [-0.15, -0.1) is 6.42 Å². The topological polar surface area (TPSA) is 114 Å². The Hall–Kier alpha value is -2.11. The molecule has 0 radical (unpaired) electrons. The lowest BCUT2D eigenvalue weighted by atomic mass is 9.93. The average Bonchev–Trinajstić information content (AvgIpc) is 2.45. The minimum absolute atomic E-state index is 0.156. The number of rotatable bonds is 7. The van der Waals surface area contributed by atoms with Gasteiger partial charge < -0.3 is 11.1 Å². The molecule has 1 aromatic heterocycles. The summed E-state index contributed by atoms with van der Waals surface area (Å²) in [5.74, 6) is 2.14. The molecule has 1 unspecified atom stereocenters. The molecule has 0 spiro atoms. The van der Waals surface area contributed by atoms with Crippen LogP contribution in [0.5, 0.6) is 0 Å². The van der Waals surface area contributed by atoms with Crippen LogP contribution in [0.2, 0.25) is 0 Å². The van der Waals surface area contributed by atoms with Crippen LogP contribution in [0.4, 0.5) is 5.82 Å². The van der Waals surface area contributed by atoms with E-state index >= 15 is 0 Å². The zero-order valence-electron chi connectivity index (χ0n) is 12.8. The van der Waals surface area contributed by atoms with Crippen molar-refractivity contribution in [1.29, 1.82) is 0 Å². The van der Waals surface area contributed by atoms with Crippen molar-refractivity contribution in [3.8, 4) is 12.3 Å². The predicted molar refractivity (Wildman–Crippen MR) is 84.3 cm³/mol. The predicted octanol–water partition coefficient (Wildman–Crippen LogP) is 0.305. The number of nitrogens with one attached hydrogen (secondary N) is 2. The first-order chi connectivity index (χ1) is 10.1. The van der Waals surface area contributed by atoms with E-state index in [1.54, 1.807) is 32.9 Å². The molecule has 7 nitrogen and oxygen atoms in total. The van der Waals surface area contributed by atoms with Gasteiger partial charge in [0.1, 0.15) is 5.82 Å². The number of sulfonamides is 1. The molecule has 0 saturated carbocycles. The summed E-state index contributed by atoms with van der Waals surface area (Å²) in [6.45, 7) is 5.14. The molecule has 1 amide bonds. The molecule has 1 aromatic rings. The van der Waals surface area contributed by atoms with Gasteiger partial charge in [0.15, 0.2) is 5.03 Å². The number of hydrogen-bond acceptors (Lipinski definition) is 5. The molecule has 0 fully saturated rings. The van der Waals surface area contributed by atoms with Crippen LogP contribution < -0.4 is 15.8 Å². The third kappa shape index (κ3) is 4.72. The Morgan fingerprint density at radius 2 is 2.14 bits per heavy atom. The number of primary amides is 1. The highest BCUT2D eigenvalue weighted by molar-refractivity contribution is 7.89. The second kappa shape index (κ2) is 6.77. The number of pyridine rings is 1. The summed E-state index contributed by atoms with van der Waals surface area (Å²) in [6.07, 6.45) is 5.16. The monoisotopic (exact) mass is 324 g/mol. The van der Waals surface area contributed by atoms with Gasteiger partial charge in [-0.2, -0.15) is 4.72 Å². The van der Waals surface area contributed by atoms with Crippen molar-refractivity contribution in [2.24, 2.45) is 11.1 Å². The van der Waals surface area contributed by atoms with Gasteiger partial charge in [0, 0.05) is 6.54 Å². The van der Waals surface area contributed by atoms with Crippen molar-refractivity contribution >= 4 is 21.7 Å². The van der Waals surface area contributed by atoms with Crippen molar-refractivity contribution in [3.63, 3.8) is 0 Å². The van der Waals surface area contributed by atoms with E-state index in [1.165, 1.54) is 6.07 Å². The first-order valence-electron chi connectivity index (χ1n) is 6.58.